The van der Waals surface area contributed by atoms with Gasteiger partial charge in [0.15, 0.2) is 11.6 Å². The predicted molar refractivity (Wildman–Crippen MR) is 94.5 cm³/mol. The highest BCUT2D eigenvalue weighted by Crippen LogP contribution is 2.37. The molecular formula is C21H23FO3. The fraction of sp³-hybridized carbons (Fsp3) is 0.381. The fourth-order valence-corrected chi connectivity index (χ4v) is 3.35. The Labute approximate surface area is 147 Å². The van der Waals surface area contributed by atoms with E-state index in [4.69, 9.17) is 9.47 Å². The van der Waals surface area contributed by atoms with Gasteiger partial charge in [0.2, 0.25) is 0 Å². The Morgan fingerprint density at radius 3 is 2.44 bits per heavy atom. The van der Waals surface area contributed by atoms with Crippen LogP contribution < -0.4 is 9.47 Å². The van der Waals surface area contributed by atoms with Crippen LogP contribution in [0.4, 0.5) is 4.39 Å². The first kappa shape index (κ1) is 17.5. The Kier molecular flexibility index (Phi) is 5.07. The Hall–Kier alpha value is -2.36. The van der Waals surface area contributed by atoms with Gasteiger partial charge in [-0.1, -0.05) is 31.0 Å². The van der Waals surface area contributed by atoms with Crippen molar-refractivity contribution in [2.45, 2.75) is 45.1 Å². The third-order valence-electron chi connectivity index (χ3n) is 4.83. The van der Waals surface area contributed by atoms with Gasteiger partial charge in [0, 0.05) is 0 Å². The number of para-hydroxylation sites is 1. The molecule has 0 heterocycles. The molecule has 0 saturated heterocycles. The first-order chi connectivity index (χ1) is 12.0. The summed E-state index contributed by atoms with van der Waals surface area (Å²) in [7, 11) is 0. The molecule has 1 fully saturated rings. The Morgan fingerprint density at radius 2 is 1.76 bits per heavy atom. The number of benzene rings is 2. The van der Waals surface area contributed by atoms with Crippen LogP contribution in [0.5, 0.6) is 11.5 Å². The first-order valence-electron chi connectivity index (χ1n) is 8.71. The van der Waals surface area contributed by atoms with Crippen LogP contribution in [0.2, 0.25) is 0 Å². The number of hydrogen-bond acceptors (Lipinski definition) is 3. The molecule has 0 amide bonds. The number of esters is 1. The molecule has 0 aromatic heterocycles. The lowest BCUT2D eigenvalue weighted by molar-refractivity contribution is 0.0422. The smallest absolute Gasteiger partial charge is 0.343 e. The third kappa shape index (κ3) is 4.19. The first-order valence-corrected chi connectivity index (χ1v) is 8.71. The number of halogens is 1. The molecule has 0 aliphatic heterocycles. The van der Waals surface area contributed by atoms with Crippen molar-refractivity contribution >= 4 is 5.97 Å². The van der Waals surface area contributed by atoms with Crippen molar-refractivity contribution in [3.8, 4) is 11.5 Å². The van der Waals surface area contributed by atoms with Gasteiger partial charge in [0.25, 0.3) is 0 Å². The highest BCUT2D eigenvalue weighted by atomic mass is 19.1. The molecule has 1 aliphatic rings. The molecular weight excluding hydrogens is 319 g/mol. The van der Waals surface area contributed by atoms with E-state index in [-0.39, 0.29) is 11.3 Å². The van der Waals surface area contributed by atoms with E-state index in [1.165, 1.54) is 31.0 Å². The minimum Gasteiger partial charge on any atom is -0.484 e. The second-order valence-electron chi connectivity index (χ2n) is 7.03. The van der Waals surface area contributed by atoms with Gasteiger partial charge in [-0.15, -0.1) is 0 Å². The van der Waals surface area contributed by atoms with Gasteiger partial charge in [-0.25, -0.2) is 9.18 Å². The number of carbonyl (C=O) groups is 1. The van der Waals surface area contributed by atoms with Gasteiger partial charge in [-0.2, -0.15) is 0 Å². The van der Waals surface area contributed by atoms with Crippen molar-refractivity contribution in [2.75, 3.05) is 0 Å². The van der Waals surface area contributed by atoms with E-state index >= 15 is 0 Å². The van der Waals surface area contributed by atoms with Crippen LogP contribution in [-0.4, -0.2) is 11.6 Å². The Bertz CT molecular complexity index is 734. The van der Waals surface area contributed by atoms with Crippen LogP contribution in [0.1, 0.15) is 49.9 Å². The topological polar surface area (TPSA) is 35.5 Å². The summed E-state index contributed by atoms with van der Waals surface area (Å²) in [6.45, 7) is 3.97. The molecule has 1 aliphatic carbocycles. The molecule has 3 nitrogen and oxygen atoms in total. The van der Waals surface area contributed by atoms with E-state index in [0.29, 0.717) is 11.7 Å². The van der Waals surface area contributed by atoms with Crippen molar-refractivity contribution in [1.82, 2.24) is 0 Å². The van der Waals surface area contributed by atoms with Gasteiger partial charge in [0.1, 0.15) is 11.4 Å². The van der Waals surface area contributed by atoms with Crippen LogP contribution in [0.3, 0.4) is 0 Å². The highest BCUT2D eigenvalue weighted by Gasteiger charge is 2.34. The summed E-state index contributed by atoms with van der Waals surface area (Å²) in [4.78, 5) is 12.3. The van der Waals surface area contributed by atoms with E-state index in [9.17, 15) is 9.18 Å². The van der Waals surface area contributed by atoms with Crippen LogP contribution in [-0.2, 0) is 0 Å². The molecule has 0 unspecified atom stereocenters. The number of rotatable bonds is 5. The maximum atomic E-state index is 14.2. The largest absolute Gasteiger partial charge is 0.484 e. The van der Waals surface area contributed by atoms with Crippen molar-refractivity contribution in [2.24, 2.45) is 5.92 Å². The van der Waals surface area contributed by atoms with E-state index in [2.05, 4.69) is 0 Å². The van der Waals surface area contributed by atoms with E-state index in [1.807, 2.05) is 19.9 Å². The number of hydrogen-bond donors (Lipinski definition) is 0. The SMILES string of the molecule is CC(C)(Oc1cc(C(=O)Oc2ccccc2)ccc1F)C1CCCC1. The van der Waals surface area contributed by atoms with Crippen LogP contribution in [0.15, 0.2) is 48.5 Å². The Morgan fingerprint density at radius 1 is 1.08 bits per heavy atom. The minimum atomic E-state index is -0.533. The molecule has 25 heavy (non-hydrogen) atoms. The molecule has 0 atom stereocenters. The normalized spacial score (nSPS) is 15.2. The molecule has 2 aromatic rings. The van der Waals surface area contributed by atoms with Crippen molar-refractivity contribution in [3.63, 3.8) is 0 Å². The van der Waals surface area contributed by atoms with Gasteiger partial charge >= 0.3 is 5.97 Å². The molecule has 0 N–H and O–H groups in total. The summed E-state index contributed by atoms with van der Waals surface area (Å²) in [5.74, 6) is -0.0612. The zero-order valence-corrected chi connectivity index (χ0v) is 14.6. The van der Waals surface area contributed by atoms with E-state index < -0.39 is 17.4 Å². The zero-order valence-electron chi connectivity index (χ0n) is 14.6. The van der Waals surface area contributed by atoms with Crippen LogP contribution in [0.25, 0.3) is 0 Å². The Balaban J connectivity index is 1.77. The lowest BCUT2D eigenvalue weighted by Crippen LogP contribution is -2.36. The molecule has 4 heteroatoms. The summed E-state index contributed by atoms with van der Waals surface area (Å²) < 4.78 is 25.5. The second kappa shape index (κ2) is 7.26. The average Bonchev–Trinajstić information content (AvgIpc) is 3.13. The molecule has 0 spiro atoms. The van der Waals surface area contributed by atoms with Crippen LogP contribution in [0, 0.1) is 11.7 Å². The fourth-order valence-electron chi connectivity index (χ4n) is 3.35. The zero-order chi connectivity index (χ0) is 17.9. The predicted octanol–water partition coefficient (Wildman–Crippen LogP) is 5.39. The third-order valence-corrected chi connectivity index (χ3v) is 4.83. The summed E-state index contributed by atoms with van der Waals surface area (Å²) in [6, 6.07) is 12.9. The quantitative estimate of drug-likeness (QED) is 0.540. The molecule has 0 radical (unpaired) electrons. The standard InChI is InChI=1S/C21H23FO3/c1-21(2,16-8-6-7-9-16)25-19-14-15(12-13-18(19)22)20(23)24-17-10-4-3-5-11-17/h3-5,10-14,16H,6-9H2,1-2H3. The number of carbonyl (C=O) groups excluding carboxylic acids is 1. The number of ether oxygens (including phenoxy) is 2. The molecule has 0 bridgehead atoms. The van der Waals surface area contributed by atoms with Crippen molar-refractivity contribution in [3.05, 3.63) is 59.9 Å². The van der Waals surface area contributed by atoms with E-state index in [0.717, 1.165) is 12.8 Å². The lowest BCUT2D eigenvalue weighted by Gasteiger charge is -2.32. The summed E-state index contributed by atoms with van der Waals surface area (Å²) >= 11 is 0. The monoisotopic (exact) mass is 342 g/mol. The van der Waals surface area contributed by atoms with Gasteiger partial charge in [-0.05, 0) is 62.9 Å². The molecule has 132 valence electrons. The van der Waals surface area contributed by atoms with Gasteiger partial charge < -0.3 is 9.47 Å². The lowest BCUT2D eigenvalue weighted by atomic mass is 9.89. The molecule has 1 saturated carbocycles. The van der Waals surface area contributed by atoms with Crippen LogP contribution >= 0.6 is 0 Å². The maximum Gasteiger partial charge on any atom is 0.343 e. The van der Waals surface area contributed by atoms with Gasteiger partial charge in [0.05, 0.1) is 5.56 Å². The molecule has 3 rings (SSSR count). The summed E-state index contributed by atoms with van der Waals surface area (Å²) in [5, 5.41) is 0. The second-order valence-corrected chi connectivity index (χ2v) is 7.03. The highest BCUT2D eigenvalue weighted by molar-refractivity contribution is 5.91. The van der Waals surface area contributed by atoms with Crippen molar-refractivity contribution < 1.29 is 18.7 Å². The average molecular weight is 342 g/mol. The summed E-state index contributed by atoms with van der Waals surface area (Å²) in [6.07, 6.45) is 4.54. The van der Waals surface area contributed by atoms with Gasteiger partial charge in [-0.3, -0.25) is 0 Å². The summed E-state index contributed by atoms with van der Waals surface area (Å²) in [5.41, 5.74) is -0.207. The van der Waals surface area contributed by atoms with Crippen molar-refractivity contribution in [1.29, 1.82) is 0 Å². The van der Waals surface area contributed by atoms with E-state index in [1.54, 1.807) is 24.3 Å². The molecule has 2 aromatic carbocycles. The minimum absolute atomic E-state index is 0.0967. The maximum absolute atomic E-state index is 14.2.